The van der Waals surface area contributed by atoms with Gasteiger partial charge < -0.3 is 129 Å². The first kappa shape index (κ1) is 71.0. The van der Waals surface area contributed by atoms with E-state index in [1.807, 2.05) is 13.8 Å². The zero-order chi connectivity index (χ0) is 66.5. The van der Waals surface area contributed by atoms with Crippen LogP contribution in [0.3, 0.4) is 0 Å². The maximum absolute atomic E-state index is 15.7. The van der Waals surface area contributed by atoms with Crippen LogP contribution in [0.15, 0.2) is 11.6 Å². The molecular weight excluding hydrogens is 1200 g/mol. The largest absolute Gasteiger partial charge is 0.481 e. The minimum atomic E-state index is -2.25. The highest BCUT2D eigenvalue weighted by Gasteiger charge is 2.73. The third-order valence-electron chi connectivity index (χ3n) is 22.8. The van der Waals surface area contributed by atoms with Crippen molar-refractivity contribution in [1.29, 1.82) is 0 Å². The Morgan fingerprint density at radius 3 is 1.71 bits per heavy atom. The fourth-order valence-corrected chi connectivity index (χ4v) is 17.3. The molecule has 514 valence electrons. The number of hydrogen-bond acceptors (Lipinski definition) is 28. The number of carbonyl (C=O) groups excluding carboxylic acids is 2. The van der Waals surface area contributed by atoms with Crippen LogP contribution >= 0.6 is 0 Å². The lowest BCUT2D eigenvalue weighted by Gasteiger charge is -2.71. The van der Waals surface area contributed by atoms with Crippen molar-refractivity contribution in [3.63, 3.8) is 0 Å². The van der Waals surface area contributed by atoms with Crippen molar-refractivity contribution in [1.82, 2.24) is 0 Å². The van der Waals surface area contributed by atoms with Gasteiger partial charge in [-0.1, -0.05) is 46.3 Å². The van der Waals surface area contributed by atoms with Crippen molar-refractivity contribution in [2.75, 3.05) is 26.4 Å². The molecule has 9 aliphatic rings. The predicted octanol–water partition coefficient (Wildman–Crippen LogP) is -3.83. The van der Waals surface area contributed by atoms with E-state index in [1.165, 1.54) is 0 Å². The van der Waals surface area contributed by atoms with Crippen LogP contribution in [0.25, 0.3) is 0 Å². The molecular formula is C60H94O30. The molecule has 30 nitrogen and oxygen atoms in total. The number of ether oxygens (including phenoxy) is 9. The summed E-state index contributed by atoms with van der Waals surface area (Å²) in [7, 11) is 0. The summed E-state index contributed by atoms with van der Waals surface area (Å²) >= 11 is 0. The summed E-state index contributed by atoms with van der Waals surface area (Å²) in [5, 5.41) is 187. The number of rotatable bonds is 18. The van der Waals surface area contributed by atoms with Crippen molar-refractivity contribution in [2.45, 2.75) is 260 Å². The van der Waals surface area contributed by atoms with Gasteiger partial charge in [0.2, 0.25) is 6.29 Å². The van der Waals surface area contributed by atoms with Crippen molar-refractivity contribution in [2.24, 2.45) is 50.2 Å². The molecule has 4 aliphatic heterocycles. The highest BCUT2D eigenvalue weighted by atomic mass is 16.8. The first-order chi connectivity index (χ1) is 41.9. The number of hydrogen-bond donors (Lipinski definition) is 17. The summed E-state index contributed by atoms with van der Waals surface area (Å²) in [6.07, 6.45) is -38.9. The molecule has 17 N–H and O–H groups in total. The van der Waals surface area contributed by atoms with Gasteiger partial charge in [0.05, 0.1) is 55.9 Å². The molecule has 0 spiro atoms. The van der Waals surface area contributed by atoms with Crippen LogP contribution in [-0.2, 0) is 61.8 Å². The maximum Gasteiger partial charge on any atom is 0.317 e. The molecule has 0 aromatic heterocycles. The SMILES string of the molecule is CC1(C)CC[C@]2(C(=O)O[C@@H]3O[C@H](CO[C@@H]4O[C@H](COC(=O)C[C@@](C)(O)CC(=O)O)[C@@H](O)[C@H](O)[C@H]4O[C@@H]4O[C@H](CO)[C@@H](O)[C@H](O)[C@H]4O)[C@@H](O)[C@H](O[C@@H]4O[C@H](CO)[C@@H](O)[C@H](O)[C@H]4O)[C@H]3O)[C@H](O)C[C@]3(C)C(=CC[C@@H]4[C@@]5(C)CC[C@H](O)[C@@](C)(C(=O)O)[C@@H]5CC[C@]43C)[C@@H]2C1. The molecule has 30 heteroatoms. The number of aliphatic hydroxyl groups excluding tert-OH is 14. The number of esters is 2. The van der Waals surface area contributed by atoms with Crippen molar-refractivity contribution >= 4 is 23.9 Å². The molecule has 4 saturated carbocycles. The van der Waals surface area contributed by atoms with E-state index in [2.05, 4.69) is 26.8 Å². The monoisotopic (exact) mass is 1290 g/mol. The summed E-state index contributed by atoms with van der Waals surface area (Å²) in [6, 6.07) is 0. The number of carboxylic acids is 2. The van der Waals surface area contributed by atoms with Crippen molar-refractivity contribution in [3.05, 3.63) is 11.6 Å². The van der Waals surface area contributed by atoms with Crippen LogP contribution in [-0.4, -0.2) is 278 Å². The second-order valence-corrected chi connectivity index (χ2v) is 28.9. The molecule has 4 heterocycles. The first-order valence-electron chi connectivity index (χ1n) is 31.1. The first-order valence-corrected chi connectivity index (χ1v) is 31.1. The van der Waals surface area contributed by atoms with E-state index >= 15 is 4.79 Å². The second-order valence-electron chi connectivity index (χ2n) is 28.9. The molecule has 0 unspecified atom stereocenters. The fraction of sp³-hybridized carbons (Fsp3) is 0.900. The van der Waals surface area contributed by atoms with Gasteiger partial charge in [0.15, 0.2) is 18.9 Å². The number of carbonyl (C=O) groups is 4. The van der Waals surface area contributed by atoms with Gasteiger partial charge >= 0.3 is 23.9 Å². The van der Waals surface area contributed by atoms with Gasteiger partial charge in [0.1, 0.15) is 110 Å². The Balaban J connectivity index is 1.03. The second kappa shape index (κ2) is 26.0. The fourth-order valence-electron chi connectivity index (χ4n) is 17.3. The molecule has 0 bridgehead atoms. The van der Waals surface area contributed by atoms with E-state index in [1.54, 1.807) is 6.92 Å². The molecule has 31 atom stereocenters. The minimum Gasteiger partial charge on any atom is -0.481 e. The Bertz CT molecular complexity index is 2620. The Hall–Kier alpha value is -3.26. The summed E-state index contributed by atoms with van der Waals surface area (Å²) in [5.41, 5.74) is -6.63. The normalized spacial score (nSPS) is 49.9. The summed E-state index contributed by atoms with van der Waals surface area (Å²) in [6.45, 7) is 9.38. The molecule has 5 aliphatic carbocycles. The van der Waals surface area contributed by atoms with E-state index < -0.39 is 242 Å². The molecule has 0 amide bonds. The van der Waals surface area contributed by atoms with Gasteiger partial charge in [-0.3, -0.25) is 19.2 Å². The molecule has 8 fully saturated rings. The van der Waals surface area contributed by atoms with Crippen LogP contribution in [0, 0.1) is 50.2 Å². The molecule has 9 rings (SSSR count). The predicted molar refractivity (Wildman–Crippen MR) is 298 cm³/mol. The lowest BCUT2D eigenvalue weighted by Crippen LogP contribution is -2.69. The molecule has 90 heavy (non-hydrogen) atoms. The lowest BCUT2D eigenvalue weighted by molar-refractivity contribution is -0.378. The third kappa shape index (κ3) is 12.3. The Kier molecular flexibility index (Phi) is 20.6. The topological polar surface area (TPSA) is 495 Å². The highest BCUT2D eigenvalue weighted by molar-refractivity contribution is 5.80. The average Bonchev–Trinajstić information content (AvgIpc) is 0.672. The summed E-state index contributed by atoms with van der Waals surface area (Å²) in [5.74, 6) is -5.91. The van der Waals surface area contributed by atoms with Gasteiger partial charge in [-0.05, 0) is 111 Å². The minimum absolute atomic E-state index is 0.0452. The zero-order valence-corrected chi connectivity index (χ0v) is 51.5. The number of fused-ring (bicyclic) bond motifs is 7. The van der Waals surface area contributed by atoms with E-state index in [4.69, 9.17) is 42.6 Å². The van der Waals surface area contributed by atoms with E-state index in [0.29, 0.717) is 38.5 Å². The van der Waals surface area contributed by atoms with E-state index in [0.717, 1.165) is 12.5 Å². The van der Waals surface area contributed by atoms with E-state index in [-0.39, 0.29) is 31.1 Å². The maximum atomic E-state index is 15.7. The smallest absolute Gasteiger partial charge is 0.317 e. The van der Waals surface area contributed by atoms with E-state index in [9.17, 15) is 101 Å². The Morgan fingerprint density at radius 1 is 0.578 bits per heavy atom. The van der Waals surface area contributed by atoms with Crippen molar-refractivity contribution in [3.8, 4) is 0 Å². The summed E-state index contributed by atoms with van der Waals surface area (Å²) in [4.78, 5) is 53.0. The Labute approximate surface area is 519 Å². The number of aliphatic carboxylic acids is 2. The third-order valence-corrected chi connectivity index (χ3v) is 22.8. The highest BCUT2D eigenvalue weighted by Crippen LogP contribution is 2.76. The summed E-state index contributed by atoms with van der Waals surface area (Å²) < 4.78 is 52.7. The molecule has 0 radical (unpaired) electrons. The van der Waals surface area contributed by atoms with Crippen LogP contribution in [0.5, 0.6) is 0 Å². The standard InChI is InChI=1S/C60H94O30/c1-54(2)14-15-60(25(16-54)24-8-9-30-56(4)12-11-32(63)59(7,52(78)79)31(56)10-13-57(30,5)58(24,6)17-33(60)64)53(80)90-50-45(77)46(88-48-43(75)40(72)36(68)26(20-61)84-48)39(71)29(86-50)23-83-51-47(89-49-44(76)41(73)37(69)27(21-62)85-49)42(74)38(70)28(87-51)22-82-35(67)19-55(3,81)18-34(65)66/h8,25-33,36-51,61-64,68-77,81H,9-23H2,1-7H3,(H,65,66)(H,78,79)/t25-,26+,27+,28+,29+,30+,31+,32-,33+,36+,37+,38+,39+,40-,41-,42-,43+,44+,45+,46-,47+,48-,49-,50-,51+,55-,56+,57+,58+,59-,60+/m0/s1. The van der Waals surface area contributed by atoms with Crippen molar-refractivity contribution < 1.29 is 149 Å². The molecule has 4 saturated heterocycles. The molecule has 0 aromatic carbocycles. The number of aliphatic hydroxyl groups is 15. The molecule has 0 aromatic rings. The average molecular weight is 1300 g/mol. The van der Waals surface area contributed by atoms with Gasteiger partial charge in [0.25, 0.3) is 0 Å². The van der Waals surface area contributed by atoms with Crippen LogP contribution in [0.1, 0.15) is 119 Å². The van der Waals surface area contributed by atoms with Gasteiger partial charge in [-0.15, -0.1) is 0 Å². The Morgan fingerprint density at radius 2 is 1.13 bits per heavy atom. The zero-order valence-electron chi connectivity index (χ0n) is 51.5. The van der Waals surface area contributed by atoms with Crippen LogP contribution in [0.4, 0.5) is 0 Å². The van der Waals surface area contributed by atoms with Gasteiger partial charge in [-0.2, -0.15) is 0 Å². The number of allylic oxidation sites excluding steroid dienone is 2. The lowest BCUT2D eigenvalue weighted by atomic mass is 9.33. The van der Waals surface area contributed by atoms with Gasteiger partial charge in [-0.25, -0.2) is 0 Å². The quantitative estimate of drug-likeness (QED) is 0.0462. The van der Waals surface area contributed by atoms with Crippen LogP contribution in [0.2, 0.25) is 0 Å². The van der Waals surface area contributed by atoms with Gasteiger partial charge in [0, 0.05) is 0 Å². The number of carboxylic acid groups (broad SMARTS) is 2. The van der Waals surface area contributed by atoms with Crippen LogP contribution < -0.4 is 0 Å².